The highest BCUT2D eigenvalue weighted by Gasteiger charge is 2.31. The summed E-state index contributed by atoms with van der Waals surface area (Å²) in [6.45, 7) is 8.12. The lowest BCUT2D eigenvalue weighted by Gasteiger charge is -2.43. The van der Waals surface area contributed by atoms with Crippen LogP contribution in [0, 0.1) is 11.3 Å². The minimum atomic E-state index is 0.575. The van der Waals surface area contributed by atoms with Crippen molar-refractivity contribution >= 4 is 44.1 Å². The number of benzene rings is 3. The van der Waals surface area contributed by atoms with Crippen LogP contribution in [0.25, 0.3) is 32.7 Å². The number of piperazine rings is 2. The smallest absolute Gasteiger partial charge is 0.144 e. The third kappa shape index (κ3) is 7.02. The molecule has 9 rings (SSSR count). The van der Waals surface area contributed by atoms with Crippen LogP contribution in [-0.2, 0) is 7.05 Å². The molecule has 0 radical (unpaired) electrons. The predicted molar refractivity (Wildman–Crippen MR) is 218 cm³/mol. The van der Waals surface area contributed by atoms with E-state index in [9.17, 15) is 5.26 Å². The number of methoxy groups -OCH3 is 2. The number of aromatic nitrogens is 3. The molecule has 10 heteroatoms. The zero-order chi connectivity index (χ0) is 37.0. The van der Waals surface area contributed by atoms with Crippen molar-refractivity contribution in [2.75, 3.05) is 76.4 Å². The van der Waals surface area contributed by atoms with Crippen LogP contribution < -0.4 is 24.6 Å². The molecule has 2 aliphatic heterocycles. The summed E-state index contributed by atoms with van der Waals surface area (Å²) in [4.78, 5) is 16.7. The minimum absolute atomic E-state index is 0.575. The third-order valence-corrected chi connectivity index (χ3v) is 11.7. The van der Waals surface area contributed by atoms with Gasteiger partial charge in [0.1, 0.15) is 22.9 Å². The van der Waals surface area contributed by atoms with Gasteiger partial charge in [0.25, 0.3) is 0 Å². The lowest BCUT2D eigenvalue weighted by Crippen LogP contribution is -2.51. The number of pyridine rings is 2. The van der Waals surface area contributed by atoms with E-state index in [1.54, 1.807) is 14.2 Å². The number of hydrogen-bond donors (Lipinski definition) is 1. The Hall–Kier alpha value is -5.37. The summed E-state index contributed by atoms with van der Waals surface area (Å²) < 4.78 is 13.5. The summed E-state index contributed by atoms with van der Waals surface area (Å²) in [6.07, 6.45) is 10.9. The average Bonchev–Trinajstić information content (AvgIpc) is 3.58. The molecule has 6 aromatic rings. The van der Waals surface area contributed by atoms with E-state index in [2.05, 4.69) is 91.3 Å². The van der Waals surface area contributed by atoms with Gasteiger partial charge in [-0.25, -0.2) is 0 Å². The minimum Gasteiger partial charge on any atom is -0.494 e. The topological polar surface area (TPSA) is 94.7 Å². The van der Waals surface area contributed by atoms with E-state index in [1.165, 1.54) is 42.1 Å². The van der Waals surface area contributed by atoms with Gasteiger partial charge in [0.15, 0.2) is 0 Å². The molecule has 3 fully saturated rings. The van der Waals surface area contributed by atoms with Crippen LogP contribution in [0.1, 0.15) is 42.7 Å². The van der Waals surface area contributed by atoms with E-state index in [1.807, 2.05) is 36.7 Å². The summed E-state index contributed by atoms with van der Waals surface area (Å²) in [5.74, 6) is 2.39. The van der Waals surface area contributed by atoms with Gasteiger partial charge in [-0.05, 0) is 91.8 Å². The Kier molecular flexibility index (Phi) is 10.5. The number of fused-ring (bicyclic) bond motifs is 3. The Bertz CT molecular complexity index is 2270. The Balaban J connectivity index is 0.000000192. The normalized spacial score (nSPS) is 19.4. The van der Waals surface area contributed by atoms with Crippen molar-refractivity contribution < 1.29 is 9.47 Å². The van der Waals surface area contributed by atoms with Crippen molar-refractivity contribution in [3.8, 4) is 17.6 Å². The molecule has 1 aliphatic carbocycles. The zero-order valence-corrected chi connectivity index (χ0v) is 31.7. The Morgan fingerprint density at radius 1 is 0.722 bits per heavy atom. The SMILES string of the molecule is COc1ccc2cccnc2c1N1CCN(C2CCC(c3cn(C)c4ccc(C#N)cc34)CC2)CC1.COc1ccc2cccnc2c1N1CCNCC1. The molecular formula is C44H50N8O2. The van der Waals surface area contributed by atoms with Crippen LogP contribution in [-0.4, -0.2) is 92.1 Å². The molecule has 10 nitrogen and oxygen atoms in total. The second kappa shape index (κ2) is 15.9. The number of hydrogen-bond acceptors (Lipinski definition) is 9. The number of ether oxygens (including phenoxy) is 2. The van der Waals surface area contributed by atoms with Crippen LogP contribution in [0.3, 0.4) is 0 Å². The van der Waals surface area contributed by atoms with Crippen LogP contribution in [0.15, 0.2) is 85.3 Å². The fraction of sp³-hybridized carbons (Fsp3) is 0.386. The van der Waals surface area contributed by atoms with E-state index in [0.717, 1.165) is 103 Å². The van der Waals surface area contributed by atoms with Crippen molar-refractivity contribution in [2.45, 2.75) is 37.6 Å². The van der Waals surface area contributed by atoms with Gasteiger partial charge in [0.2, 0.25) is 0 Å². The number of rotatable bonds is 6. The standard InChI is InChI=1S/C30H33N5O.C14H17N3O/c1-33-20-26(25-18-21(19-31)5-11-27(25)33)22-6-9-24(10-7-22)34-14-16-35(17-15-34)30-28(36-2)12-8-23-4-3-13-32-29(23)30;1-18-12-5-4-11-3-2-6-16-13(11)14(12)17-9-7-15-8-10-17/h3-5,8,11-13,18,20,22,24H,6-7,9-10,14-17H2,1-2H3;2-6,15H,7-10H2,1H3. The maximum absolute atomic E-state index is 9.38. The van der Waals surface area contributed by atoms with Crippen molar-refractivity contribution in [3.63, 3.8) is 0 Å². The molecule has 0 spiro atoms. The molecule has 0 amide bonds. The summed E-state index contributed by atoms with van der Waals surface area (Å²) >= 11 is 0. The van der Waals surface area contributed by atoms with Gasteiger partial charge in [0.05, 0.1) is 36.9 Å². The maximum Gasteiger partial charge on any atom is 0.144 e. The molecule has 3 aromatic carbocycles. The number of aryl methyl sites for hydroxylation is 1. The Morgan fingerprint density at radius 3 is 1.89 bits per heavy atom. The second-order valence-corrected chi connectivity index (χ2v) is 14.7. The number of nitrogens with zero attached hydrogens (tertiary/aromatic N) is 7. The number of nitrogens with one attached hydrogen (secondary N) is 1. The van der Waals surface area contributed by atoms with E-state index >= 15 is 0 Å². The zero-order valence-electron chi connectivity index (χ0n) is 31.7. The molecule has 3 aliphatic rings. The third-order valence-electron chi connectivity index (χ3n) is 11.7. The fourth-order valence-corrected chi connectivity index (χ4v) is 8.93. The molecule has 0 bridgehead atoms. The van der Waals surface area contributed by atoms with Gasteiger partial charge >= 0.3 is 0 Å². The highest BCUT2D eigenvalue weighted by atomic mass is 16.5. The first-order valence-corrected chi connectivity index (χ1v) is 19.3. The highest BCUT2D eigenvalue weighted by Crippen LogP contribution is 2.40. The molecular weight excluding hydrogens is 673 g/mol. The Morgan fingerprint density at radius 2 is 1.31 bits per heavy atom. The van der Waals surface area contributed by atoms with E-state index in [0.29, 0.717) is 12.0 Å². The van der Waals surface area contributed by atoms with Crippen molar-refractivity contribution in [1.29, 1.82) is 5.26 Å². The first-order chi connectivity index (χ1) is 26.6. The molecule has 0 unspecified atom stereocenters. The van der Waals surface area contributed by atoms with Crippen LogP contribution >= 0.6 is 0 Å². The summed E-state index contributed by atoms with van der Waals surface area (Å²) in [5.41, 5.74) is 7.70. The second-order valence-electron chi connectivity index (χ2n) is 14.7. The Labute approximate surface area is 317 Å². The van der Waals surface area contributed by atoms with Crippen LogP contribution in [0.4, 0.5) is 11.4 Å². The lowest BCUT2D eigenvalue weighted by atomic mass is 9.81. The van der Waals surface area contributed by atoms with E-state index in [-0.39, 0.29) is 0 Å². The average molecular weight is 723 g/mol. The number of anilines is 2. The van der Waals surface area contributed by atoms with Gasteiger partial charge in [0, 0.05) is 106 Å². The van der Waals surface area contributed by atoms with Crippen molar-refractivity contribution in [1.82, 2.24) is 24.8 Å². The van der Waals surface area contributed by atoms with Crippen molar-refractivity contribution in [3.05, 3.63) is 96.4 Å². The number of nitriles is 1. The van der Waals surface area contributed by atoms with Crippen LogP contribution in [0.5, 0.6) is 11.5 Å². The van der Waals surface area contributed by atoms with Crippen LogP contribution in [0.2, 0.25) is 0 Å². The first kappa shape index (κ1) is 35.6. The molecule has 1 saturated carbocycles. The maximum atomic E-state index is 9.38. The van der Waals surface area contributed by atoms with Gasteiger partial charge in [-0.1, -0.05) is 12.1 Å². The molecule has 54 heavy (non-hydrogen) atoms. The summed E-state index contributed by atoms with van der Waals surface area (Å²) in [5, 5.41) is 16.3. The fourth-order valence-electron chi connectivity index (χ4n) is 8.93. The molecule has 0 atom stereocenters. The first-order valence-electron chi connectivity index (χ1n) is 19.3. The van der Waals surface area contributed by atoms with Gasteiger partial charge in [-0.3, -0.25) is 14.9 Å². The van der Waals surface area contributed by atoms with Crippen molar-refractivity contribution in [2.24, 2.45) is 7.05 Å². The lowest BCUT2D eigenvalue weighted by molar-refractivity contribution is 0.141. The summed E-state index contributed by atoms with van der Waals surface area (Å²) in [6, 6.07) is 25.5. The van der Waals surface area contributed by atoms with Gasteiger partial charge in [-0.2, -0.15) is 5.26 Å². The van der Waals surface area contributed by atoms with Gasteiger partial charge in [-0.15, -0.1) is 0 Å². The monoisotopic (exact) mass is 722 g/mol. The van der Waals surface area contributed by atoms with E-state index < -0.39 is 0 Å². The largest absolute Gasteiger partial charge is 0.494 e. The predicted octanol–water partition coefficient (Wildman–Crippen LogP) is 7.11. The summed E-state index contributed by atoms with van der Waals surface area (Å²) in [7, 11) is 5.58. The molecule has 1 N–H and O–H groups in total. The molecule has 5 heterocycles. The highest BCUT2D eigenvalue weighted by molar-refractivity contribution is 5.95. The van der Waals surface area contributed by atoms with Gasteiger partial charge < -0.3 is 29.2 Å². The molecule has 3 aromatic heterocycles. The molecule has 2 saturated heterocycles. The molecule has 278 valence electrons. The quantitative estimate of drug-likeness (QED) is 0.193. The van der Waals surface area contributed by atoms with E-state index in [4.69, 9.17) is 14.5 Å².